The molecule has 138 valence electrons. The minimum Gasteiger partial charge on any atom is -0.441 e. The van der Waals surface area contributed by atoms with Crippen LogP contribution in [0.5, 0.6) is 0 Å². The Morgan fingerprint density at radius 3 is 2.37 bits per heavy atom. The van der Waals surface area contributed by atoms with Crippen LogP contribution in [0, 0.1) is 0 Å². The van der Waals surface area contributed by atoms with Crippen LogP contribution in [0.15, 0.2) is 59.1 Å². The molecule has 3 rings (SSSR count). The van der Waals surface area contributed by atoms with Gasteiger partial charge in [0.2, 0.25) is 11.8 Å². The van der Waals surface area contributed by atoms with Gasteiger partial charge in [0.15, 0.2) is 11.7 Å². The zero-order valence-corrected chi connectivity index (χ0v) is 15.4. The Balaban J connectivity index is 1.54. The fourth-order valence-electron chi connectivity index (χ4n) is 2.50. The van der Waals surface area contributed by atoms with E-state index in [-0.39, 0.29) is 18.2 Å². The molecule has 6 nitrogen and oxygen atoms in total. The average molecular weight is 384 g/mol. The molecule has 2 aromatic carbocycles. The SMILES string of the molecule is CC(=O)Nc1ccc(NC(=O)CCc2ncc(-c3ccccc3Cl)o2)cc1. The number of halogens is 1. The first kappa shape index (κ1) is 18.7. The number of hydrogen-bond acceptors (Lipinski definition) is 4. The number of carbonyl (C=O) groups excluding carboxylic acids is 2. The highest BCUT2D eigenvalue weighted by Crippen LogP contribution is 2.28. The van der Waals surface area contributed by atoms with Crippen LogP contribution in [0.2, 0.25) is 5.02 Å². The predicted molar refractivity (Wildman–Crippen MR) is 105 cm³/mol. The van der Waals surface area contributed by atoms with Crippen molar-refractivity contribution in [3.8, 4) is 11.3 Å². The van der Waals surface area contributed by atoms with Gasteiger partial charge >= 0.3 is 0 Å². The zero-order valence-electron chi connectivity index (χ0n) is 14.7. The summed E-state index contributed by atoms with van der Waals surface area (Å²) >= 11 is 6.15. The number of nitrogens with zero attached hydrogens (tertiary/aromatic N) is 1. The summed E-state index contributed by atoms with van der Waals surface area (Å²) in [6.07, 6.45) is 2.21. The Kier molecular flexibility index (Phi) is 5.88. The minimum absolute atomic E-state index is 0.145. The van der Waals surface area contributed by atoms with E-state index < -0.39 is 0 Å². The lowest BCUT2D eigenvalue weighted by molar-refractivity contribution is -0.116. The number of rotatable bonds is 6. The second kappa shape index (κ2) is 8.51. The lowest BCUT2D eigenvalue weighted by atomic mass is 10.2. The molecular formula is C20H18ClN3O3. The molecular weight excluding hydrogens is 366 g/mol. The summed E-state index contributed by atoms with van der Waals surface area (Å²) in [5.41, 5.74) is 2.09. The summed E-state index contributed by atoms with van der Waals surface area (Å²) in [4.78, 5) is 27.3. The molecule has 2 N–H and O–H groups in total. The lowest BCUT2D eigenvalue weighted by Crippen LogP contribution is -2.12. The van der Waals surface area contributed by atoms with Gasteiger partial charge in [0.05, 0.1) is 11.2 Å². The Hall–Kier alpha value is -3.12. The van der Waals surface area contributed by atoms with Gasteiger partial charge in [-0.1, -0.05) is 23.7 Å². The number of amides is 2. The third kappa shape index (κ3) is 5.18. The molecule has 1 heterocycles. The van der Waals surface area contributed by atoms with Crippen molar-refractivity contribution in [3.05, 3.63) is 65.6 Å². The van der Waals surface area contributed by atoms with Crippen molar-refractivity contribution in [2.24, 2.45) is 0 Å². The van der Waals surface area contributed by atoms with Crippen molar-refractivity contribution >= 4 is 34.8 Å². The smallest absolute Gasteiger partial charge is 0.224 e. The predicted octanol–water partition coefficient (Wildman–Crippen LogP) is 4.52. The summed E-state index contributed by atoms with van der Waals surface area (Å²) in [5, 5.41) is 6.05. The van der Waals surface area contributed by atoms with Crippen molar-refractivity contribution in [2.75, 3.05) is 10.6 Å². The largest absolute Gasteiger partial charge is 0.441 e. The highest BCUT2D eigenvalue weighted by Gasteiger charge is 2.11. The monoisotopic (exact) mass is 383 g/mol. The lowest BCUT2D eigenvalue weighted by Gasteiger charge is -2.06. The number of nitrogens with one attached hydrogen (secondary N) is 2. The molecule has 0 saturated heterocycles. The molecule has 2 amide bonds. The van der Waals surface area contributed by atoms with Crippen molar-refractivity contribution in [2.45, 2.75) is 19.8 Å². The minimum atomic E-state index is -0.153. The van der Waals surface area contributed by atoms with Crippen LogP contribution in [-0.4, -0.2) is 16.8 Å². The Bertz CT molecular complexity index is 951. The van der Waals surface area contributed by atoms with Gasteiger partial charge in [0.25, 0.3) is 0 Å². The van der Waals surface area contributed by atoms with E-state index in [4.69, 9.17) is 16.0 Å². The van der Waals surface area contributed by atoms with Gasteiger partial charge in [-0.2, -0.15) is 0 Å². The molecule has 7 heteroatoms. The Labute approximate surface area is 161 Å². The van der Waals surface area contributed by atoms with E-state index >= 15 is 0 Å². The van der Waals surface area contributed by atoms with Crippen molar-refractivity contribution in [3.63, 3.8) is 0 Å². The van der Waals surface area contributed by atoms with Gasteiger partial charge in [-0.3, -0.25) is 9.59 Å². The molecule has 0 unspecified atom stereocenters. The maximum Gasteiger partial charge on any atom is 0.224 e. The second-order valence-electron chi connectivity index (χ2n) is 5.90. The summed E-state index contributed by atoms with van der Waals surface area (Å²) < 4.78 is 5.69. The Morgan fingerprint density at radius 2 is 1.70 bits per heavy atom. The molecule has 0 aliphatic carbocycles. The Morgan fingerprint density at radius 1 is 1.04 bits per heavy atom. The van der Waals surface area contributed by atoms with E-state index in [9.17, 15) is 9.59 Å². The van der Waals surface area contributed by atoms with E-state index in [1.807, 2.05) is 18.2 Å². The van der Waals surface area contributed by atoms with Crippen LogP contribution in [0.3, 0.4) is 0 Å². The van der Waals surface area contributed by atoms with E-state index in [0.29, 0.717) is 34.5 Å². The van der Waals surface area contributed by atoms with Crippen molar-refractivity contribution in [1.29, 1.82) is 0 Å². The fourth-order valence-corrected chi connectivity index (χ4v) is 2.72. The van der Waals surface area contributed by atoms with E-state index in [1.54, 1.807) is 36.5 Å². The van der Waals surface area contributed by atoms with Gasteiger partial charge in [-0.15, -0.1) is 0 Å². The molecule has 0 atom stereocenters. The summed E-state index contributed by atoms with van der Waals surface area (Å²) in [5.74, 6) is 0.749. The molecule has 1 aromatic heterocycles. The first-order chi connectivity index (χ1) is 13.0. The van der Waals surface area contributed by atoms with Gasteiger partial charge < -0.3 is 15.1 Å². The fraction of sp³-hybridized carbons (Fsp3) is 0.150. The van der Waals surface area contributed by atoms with Crippen molar-refractivity contribution < 1.29 is 14.0 Å². The van der Waals surface area contributed by atoms with Gasteiger partial charge in [0, 0.05) is 36.7 Å². The molecule has 0 spiro atoms. The summed E-state index contributed by atoms with van der Waals surface area (Å²) in [6.45, 7) is 1.44. The first-order valence-electron chi connectivity index (χ1n) is 8.38. The maximum atomic E-state index is 12.1. The van der Waals surface area contributed by atoms with E-state index in [2.05, 4.69) is 15.6 Å². The van der Waals surface area contributed by atoms with Crippen LogP contribution >= 0.6 is 11.6 Å². The highest BCUT2D eigenvalue weighted by atomic mass is 35.5. The van der Waals surface area contributed by atoms with Gasteiger partial charge in [-0.25, -0.2) is 4.98 Å². The maximum absolute atomic E-state index is 12.1. The molecule has 0 aliphatic rings. The van der Waals surface area contributed by atoms with Crippen LogP contribution in [-0.2, 0) is 16.0 Å². The number of aryl methyl sites for hydroxylation is 1. The normalized spacial score (nSPS) is 10.4. The molecule has 0 radical (unpaired) electrons. The summed E-state index contributed by atoms with van der Waals surface area (Å²) in [7, 11) is 0. The highest BCUT2D eigenvalue weighted by molar-refractivity contribution is 6.33. The number of anilines is 2. The third-order valence-electron chi connectivity index (χ3n) is 3.75. The van der Waals surface area contributed by atoms with Gasteiger partial charge in [0.1, 0.15) is 0 Å². The van der Waals surface area contributed by atoms with E-state index in [1.165, 1.54) is 6.92 Å². The molecule has 0 bridgehead atoms. The zero-order chi connectivity index (χ0) is 19.2. The number of oxazole rings is 1. The quantitative estimate of drug-likeness (QED) is 0.655. The van der Waals surface area contributed by atoms with Crippen LogP contribution in [0.25, 0.3) is 11.3 Å². The number of hydrogen-bond donors (Lipinski definition) is 2. The van der Waals surface area contributed by atoms with Crippen LogP contribution in [0.1, 0.15) is 19.2 Å². The standard InChI is InChI=1S/C20H18ClN3O3/c1-13(25)23-14-6-8-15(9-7-14)24-19(26)10-11-20-22-12-18(27-20)16-4-2-3-5-17(16)21/h2-9,12H,10-11H2,1H3,(H,23,25)(H,24,26). The molecule has 0 aliphatic heterocycles. The molecule has 0 saturated carbocycles. The second-order valence-corrected chi connectivity index (χ2v) is 6.31. The number of aromatic nitrogens is 1. The number of carbonyl (C=O) groups is 2. The molecule has 3 aromatic rings. The average Bonchev–Trinajstić information content (AvgIpc) is 3.10. The van der Waals surface area contributed by atoms with Gasteiger partial charge in [-0.05, 0) is 36.4 Å². The topological polar surface area (TPSA) is 84.2 Å². The summed E-state index contributed by atoms with van der Waals surface area (Å²) in [6, 6.07) is 14.2. The first-order valence-corrected chi connectivity index (χ1v) is 8.76. The van der Waals surface area contributed by atoms with Crippen molar-refractivity contribution in [1.82, 2.24) is 4.98 Å². The number of benzene rings is 2. The third-order valence-corrected chi connectivity index (χ3v) is 4.08. The molecule has 27 heavy (non-hydrogen) atoms. The van der Waals surface area contributed by atoms with E-state index in [0.717, 1.165) is 5.56 Å². The molecule has 0 fully saturated rings. The van der Waals surface area contributed by atoms with Crippen LogP contribution in [0.4, 0.5) is 11.4 Å². The van der Waals surface area contributed by atoms with Crippen LogP contribution < -0.4 is 10.6 Å².